The van der Waals surface area contributed by atoms with Crippen molar-refractivity contribution in [2.45, 2.75) is 12.6 Å². The van der Waals surface area contributed by atoms with Gasteiger partial charge in [0.15, 0.2) is 0 Å². The van der Waals surface area contributed by atoms with E-state index in [-0.39, 0.29) is 17.9 Å². The Morgan fingerprint density at radius 1 is 0.914 bits per heavy atom. The van der Waals surface area contributed by atoms with Crippen LogP contribution in [0, 0.1) is 0 Å². The summed E-state index contributed by atoms with van der Waals surface area (Å²) in [6.07, 6.45) is 0. The molecule has 0 saturated carbocycles. The number of ether oxygens (including phenoxy) is 2. The van der Waals surface area contributed by atoms with Gasteiger partial charge in [0, 0.05) is 30.9 Å². The highest BCUT2D eigenvalue weighted by molar-refractivity contribution is 6.46. The number of benzene rings is 3. The number of nitrogens with zero attached hydrogens (tertiary/aromatic N) is 2. The second-order valence-electron chi connectivity index (χ2n) is 8.45. The molecule has 4 rings (SSSR count). The number of aliphatic hydroxyl groups is 1. The highest BCUT2D eigenvalue weighted by Gasteiger charge is 2.46. The van der Waals surface area contributed by atoms with E-state index in [1.807, 2.05) is 67.5 Å². The smallest absolute Gasteiger partial charge is 0.295 e. The number of para-hydroxylation sites is 1. The summed E-state index contributed by atoms with van der Waals surface area (Å²) >= 11 is 0. The van der Waals surface area contributed by atoms with Crippen molar-refractivity contribution in [3.05, 3.63) is 95.1 Å². The average molecular weight is 473 g/mol. The van der Waals surface area contributed by atoms with Gasteiger partial charge in [-0.15, -0.1) is 0 Å². The van der Waals surface area contributed by atoms with E-state index in [2.05, 4.69) is 0 Å². The van der Waals surface area contributed by atoms with Crippen LogP contribution in [0.3, 0.4) is 0 Å². The molecular weight excluding hydrogens is 444 g/mol. The lowest BCUT2D eigenvalue weighted by atomic mass is 9.95. The number of hydrogen-bond acceptors (Lipinski definition) is 6. The molecule has 1 N–H and O–H groups in total. The monoisotopic (exact) mass is 472 g/mol. The summed E-state index contributed by atoms with van der Waals surface area (Å²) in [5, 5.41) is 11.2. The number of Topliss-reactive ketones (excluding diaryl/α,β-unsaturated/α-hetero) is 1. The van der Waals surface area contributed by atoms with E-state index in [1.165, 1.54) is 4.90 Å². The zero-order chi connectivity index (χ0) is 25.1. The van der Waals surface area contributed by atoms with Crippen molar-refractivity contribution < 1.29 is 24.2 Å². The maximum atomic E-state index is 13.3. The van der Waals surface area contributed by atoms with Gasteiger partial charge in [0.2, 0.25) is 0 Å². The fraction of sp³-hybridized carbons (Fsp3) is 0.214. The van der Waals surface area contributed by atoms with Crippen molar-refractivity contribution in [2.75, 3.05) is 33.2 Å². The average Bonchev–Trinajstić information content (AvgIpc) is 3.13. The predicted molar refractivity (Wildman–Crippen MR) is 135 cm³/mol. The summed E-state index contributed by atoms with van der Waals surface area (Å²) in [7, 11) is 6.99. The second kappa shape index (κ2) is 9.93. The summed E-state index contributed by atoms with van der Waals surface area (Å²) < 4.78 is 10.7. The molecule has 35 heavy (non-hydrogen) atoms. The third kappa shape index (κ3) is 4.57. The van der Waals surface area contributed by atoms with Gasteiger partial charge in [-0.1, -0.05) is 30.3 Å². The molecule has 0 aromatic heterocycles. The van der Waals surface area contributed by atoms with E-state index in [0.717, 1.165) is 16.8 Å². The normalized spacial score (nSPS) is 16.9. The van der Waals surface area contributed by atoms with Crippen LogP contribution >= 0.6 is 0 Å². The van der Waals surface area contributed by atoms with Crippen molar-refractivity contribution in [1.29, 1.82) is 0 Å². The van der Waals surface area contributed by atoms with Gasteiger partial charge in [0.1, 0.15) is 17.3 Å². The van der Waals surface area contributed by atoms with E-state index in [1.54, 1.807) is 38.5 Å². The first-order valence-corrected chi connectivity index (χ1v) is 11.2. The number of aliphatic hydroxyl groups excluding tert-OH is 1. The predicted octanol–water partition coefficient (Wildman–Crippen LogP) is 4.39. The van der Waals surface area contributed by atoms with Gasteiger partial charge < -0.3 is 24.4 Å². The molecule has 1 aliphatic rings. The van der Waals surface area contributed by atoms with Crippen molar-refractivity contribution in [3.8, 4) is 11.5 Å². The SMILES string of the molecule is COc1ccc(/C(O)=C2/C(=O)C(=O)N(Cc3ccccc3OC)C2c2ccc(N(C)C)cc2)cc1. The van der Waals surface area contributed by atoms with Gasteiger partial charge in [0.05, 0.1) is 32.4 Å². The molecule has 3 aromatic carbocycles. The largest absolute Gasteiger partial charge is 0.507 e. The molecule has 1 saturated heterocycles. The number of ketones is 1. The third-order valence-corrected chi connectivity index (χ3v) is 6.16. The number of amides is 1. The molecule has 180 valence electrons. The third-order valence-electron chi connectivity index (χ3n) is 6.16. The first-order chi connectivity index (χ1) is 16.8. The Morgan fingerprint density at radius 3 is 2.17 bits per heavy atom. The topological polar surface area (TPSA) is 79.3 Å². The number of likely N-dealkylation sites (tertiary alicyclic amines) is 1. The van der Waals surface area contributed by atoms with Gasteiger partial charge in [0.25, 0.3) is 11.7 Å². The van der Waals surface area contributed by atoms with Crippen LogP contribution in [-0.2, 0) is 16.1 Å². The molecule has 3 aromatic rings. The van der Waals surface area contributed by atoms with E-state index in [0.29, 0.717) is 17.1 Å². The molecule has 1 aliphatic heterocycles. The van der Waals surface area contributed by atoms with Crippen LogP contribution in [0.4, 0.5) is 5.69 Å². The van der Waals surface area contributed by atoms with Crippen LogP contribution in [0.15, 0.2) is 78.4 Å². The first kappa shape index (κ1) is 23.9. The fourth-order valence-corrected chi connectivity index (χ4v) is 4.27. The molecule has 1 atom stereocenters. The lowest BCUT2D eigenvalue weighted by Crippen LogP contribution is -2.29. The zero-order valence-electron chi connectivity index (χ0n) is 20.2. The fourth-order valence-electron chi connectivity index (χ4n) is 4.27. The Balaban J connectivity index is 1.85. The number of rotatable bonds is 7. The maximum absolute atomic E-state index is 13.3. The lowest BCUT2D eigenvalue weighted by Gasteiger charge is -2.26. The Hall–Kier alpha value is -4.26. The Labute approximate surface area is 204 Å². The Kier molecular flexibility index (Phi) is 6.78. The van der Waals surface area contributed by atoms with Gasteiger partial charge in [-0.3, -0.25) is 9.59 Å². The van der Waals surface area contributed by atoms with Crippen LogP contribution in [0.25, 0.3) is 5.76 Å². The minimum atomic E-state index is -0.766. The molecule has 7 nitrogen and oxygen atoms in total. The number of hydrogen-bond donors (Lipinski definition) is 1. The highest BCUT2D eigenvalue weighted by Crippen LogP contribution is 2.41. The molecule has 0 aliphatic carbocycles. The van der Waals surface area contributed by atoms with Crippen LogP contribution in [0.5, 0.6) is 11.5 Å². The highest BCUT2D eigenvalue weighted by atomic mass is 16.5. The molecule has 0 radical (unpaired) electrons. The number of carbonyl (C=O) groups is 2. The van der Waals surface area contributed by atoms with Crippen LogP contribution < -0.4 is 14.4 Å². The minimum absolute atomic E-state index is 0.0488. The molecular formula is C28H28N2O5. The maximum Gasteiger partial charge on any atom is 0.295 e. The minimum Gasteiger partial charge on any atom is -0.507 e. The number of carbonyl (C=O) groups excluding carboxylic acids is 2. The number of methoxy groups -OCH3 is 2. The van der Waals surface area contributed by atoms with E-state index in [4.69, 9.17) is 9.47 Å². The van der Waals surface area contributed by atoms with Crippen molar-refractivity contribution in [1.82, 2.24) is 4.90 Å². The van der Waals surface area contributed by atoms with Gasteiger partial charge in [-0.25, -0.2) is 0 Å². The summed E-state index contributed by atoms with van der Waals surface area (Å²) in [5.74, 6) is -0.391. The summed E-state index contributed by atoms with van der Waals surface area (Å²) in [6.45, 7) is 0.147. The van der Waals surface area contributed by atoms with E-state index >= 15 is 0 Å². The van der Waals surface area contributed by atoms with Gasteiger partial charge >= 0.3 is 0 Å². The molecule has 1 fully saturated rings. The first-order valence-electron chi connectivity index (χ1n) is 11.2. The lowest BCUT2D eigenvalue weighted by molar-refractivity contribution is -0.140. The quantitative estimate of drug-likeness (QED) is 0.312. The van der Waals surface area contributed by atoms with Gasteiger partial charge in [-0.05, 0) is 48.0 Å². The second-order valence-corrected chi connectivity index (χ2v) is 8.45. The Morgan fingerprint density at radius 2 is 1.57 bits per heavy atom. The molecule has 1 heterocycles. The molecule has 0 bridgehead atoms. The standard InChI is InChI=1S/C28H28N2O5/c1-29(2)21-13-9-18(10-14-21)25-24(26(31)19-11-15-22(34-3)16-12-19)27(32)28(33)30(25)17-20-7-5-6-8-23(20)35-4/h5-16,25,31H,17H2,1-4H3/b26-24-. The van der Waals surface area contributed by atoms with Crippen LogP contribution in [0.1, 0.15) is 22.7 Å². The summed E-state index contributed by atoms with van der Waals surface area (Å²) in [6, 6.07) is 20.9. The summed E-state index contributed by atoms with van der Waals surface area (Å²) in [4.78, 5) is 30.0. The number of anilines is 1. The molecule has 1 amide bonds. The van der Waals surface area contributed by atoms with Crippen LogP contribution in [-0.4, -0.2) is 50.0 Å². The van der Waals surface area contributed by atoms with Crippen molar-refractivity contribution in [2.24, 2.45) is 0 Å². The van der Waals surface area contributed by atoms with E-state index in [9.17, 15) is 14.7 Å². The van der Waals surface area contributed by atoms with E-state index < -0.39 is 17.7 Å². The Bertz CT molecular complexity index is 1260. The van der Waals surface area contributed by atoms with Gasteiger partial charge in [-0.2, -0.15) is 0 Å². The van der Waals surface area contributed by atoms with Crippen molar-refractivity contribution in [3.63, 3.8) is 0 Å². The molecule has 1 unspecified atom stereocenters. The zero-order valence-corrected chi connectivity index (χ0v) is 20.2. The molecule has 0 spiro atoms. The van der Waals surface area contributed by atoms with Crippen LogP contribution in [0.2, 0.25) is 0 Å². The molecule has 7 heteroatoms. The summed E-state index contributed by atoms with van der Waals surface area (Å²) in [5.41, 5.74) is 2.94. The van der Waals surface area contributed by atoms with Crippen molar-refractivity contribution >= 4 is 23.1 Å².